The molecule has 3 heterocycles. The lowest BCUT2D eigenvalue weighted by atomic mass is 10.0. The van der Waals surface area contributed by atoms with Gasteiger partial charge in [0.05, 0.1) is 23.5 Å². The lowest BCUT2D eigenvalue weighted by molar-refractivity contribution is 0.285. The number of nitrogens with one attached hydrogen (secondary N) is 3. The van der Waals surface area contributed by atoms with E-state index >= 15 is 4.39 Å². The van der Waals surface area contributed by atoms with Crippen molar-refractivity contribution in [2.24, 2.45) is 0 Å². The van der Waals surface area contributed by atoms with Crippen LogP contribution in [0.15, 0.2) is 42.7 Å². The lowest BCUT2D eigenvalue weighted by Gasteiger charge is -2.17. The molecular formula is C24H21Cl2FN4O2. The van der Waals surface area contributed by atoms with Crippen molar-refractivity contribution in [3.8, 4) is 11.5 Å². The number of ether oxygens (including phenoxy) is 2. The van der Waals surface area contributed by atoms with Crippen molar-refractivity contribution in [3.63, 3.8) is 0 Å². The number of fused-ring (bicyclic) bond motifs is 2. The number of hydrogen-bond donors (Lipinski definition) is 3. The Morgan fingerprint density at radius 2 is 1.82 bits per heavy atom. The van der Waals surface area contributed by atoms with Gasteiger partial charge in [-0.15, -0.1) is 0 Å². The van der Waals surface area contributed by atoms with Gasteiger partial charge in [0, 0.05) is 35.3 Å². The van der Waals surface area contributed by atoms with Crippen molar-refractivity contribution in [3.05, 3.63) is 75.3 Å². The number of methoxy groups -OCH3 is 1. The molecular weight excluding hydrogens is 466 g/mol. The van der Waals surface area contributed by atoms with Gasteiger partial charge in [0.1, 0.15) is 24.2 Å². The minimum atomic E-state index is -0.381. The number of pyridine rings is 1. The Kier molecular flexibility index (Phi) is 5.68. The van der Waals surface area contributed by atoms with Crippen LogP contribution in [0.4, 0.5) is 15.8 Å². The highest BCUT2D eigenvalue weighted by Crippen LogP contribution is 2.36. The molecule has 2 aromatic heterocycles. The van der Waals surface area contributed by atoms with Crippen LogP contribution in [0.5, 0.6) is 11.5 Å². The van der Waals surface area contributed by atoms with Crippen LogP contribution in [-0.2, 0) is 6.42 Å². The van der Waals surface area contributed by atoms with Crippen LogP contribution in [0.2, 0.25) is 10.0 Å². The fraction of sp³-hybridized carbons (Fsp3) is 0.208. The second-order valence-corrected chi connectivity index (χ2v) is 8.78. The summed E-state index contributed by atoms with van der Waals surface area (Å²) in [5.74, 6) is 0.404. The van der Waals surface area contributed by atoms with E-state index in [0.717, 1.165) is 27.9 Å². The Balaban J connectivity index is 1.32. The Bertz CT molecular complexity index is 1330. The molecule has 33 heavy (non-hydrogen) atoms. The Labute approximate surface area is 200 Å². The van der Waals surface area contributed by atoms with E-state index in [0.29, 0.717) is 39.2 Å². The lowest BCUT2D eigenvalue weighted by Crippen LogP contribution is -2.29. The first-order valence-corrected chi connectivity index (χ1v) is 11.1. The molecule has 1 atom stereocenters. The Morgan fingerprint density at radius 3 is 2.61 bits per heavy atom. The van der Waals surface area contributed by atoms with E-state index < -0.39 is 0 Å². The van der Waals surface area contributed by atoms with Gasteiger partial charge in [0.15, 0.2) is 11.5 Å². The van der Waals surface area contributed by atoms with Crippen molar-refractivity contribution >= 4 is 45.6 Å². The third kappa shape index (κ3) is 4.26. The summed E-state index contributed by atoms with van der Waals surface area (Å²) in [6, 6.07) is 8.69. The van der Waals surface area contributed by atoms with Gasteiger partial charge in [0.25, 0.3) is 0 Å². The average molecular weight is 487 g/mol. The standard InChI is InChI=1S/C24H21Cl2FN4O2/c1-12-3-19-20(7-17(12)26)31-23(30-19)11-33-22-8-18(27)13(5-21(22)32-2)4-14-9-28-24-16(14)6-15(25)10-29-24/h3,5-10,23,30-31H,4,11H2,1-2H3,(H,28,29). The first-order valence-electron chi connectivity index (χ1n) is 10.3. The third-order valence-corrected chi connectivity index (χ3v) is 6.27. The van der Waals surface area contributed by atoms with Crippen LogP contribution in [0.3, 0.4) is 0 Å². The topological polar surface area (TPSA) is 71.2 Å². The minimum Gasteiger partial charge on any atom is -0.493 e. The average Bonchev–Trinajstić information content (AvgIpc) is 3.37. The second kappa shape index (κ2) is 8.65. The molecule has 4 aromatic rings. The highest BCUT2D eigenvalue weighted by Gasteiger charge is 2.22. The maximum atomic E-state index is 15.0. The number of H-pyrrole nitrogens is 1. The monoisotopic (exact) mass is 486 g/mol. The molecule has 1 aliphatic rings. The zero-order valence-electron chi connectivity index (χ0n) is 17.9. The van der Waals surface area contributed by atoms with E-state index in [1.165, 1.54) is 13.2 Å². The first-order chi connectivity index (χ1) is 15.9. The van der Waals surface area contributed by atoms with E-state index in [9.17, 15) is 0 Å². The SMILES string of the molecule is COc1cc(Cc2c[nH]c3ncc(Cl)cc23)c(F)cc1OCC1Nc2cc(C)c(Cl)cc2N1. The molecule has 0 spiro atoms. The second-order valence-electron chi connectivity index (χ2n) is 7.93. The molecule has 0 saturated heterocycles. The van der Waals surface area contributed by atoms with E-state index in [-0.39, 0.29) is 18.6 Å². The molecule has 1 aliphatic heterocycles. The Morgan fingerprint density at radius 1 is 1.03 bits per heavy atom. The van der Waals surface area contributed by atoms with Crippen LogP contribution in [0.25, 0.3) is 11.0 Å². The van der Waals surface area contributed by atoms with Crippen molar-refractivity contribution < 1.29 is 13.9 Å². The minimum absolute atomic E-state index is 0.186. The molecule has 170 valence electrons. The van der Waals surface area contributed by atoms with E-state index in [2.05, 4.69) is 20.6 Å². The molecule has 6 nitrogen and oxygen atoms in total. The molecule has 9 heteroatoms. The number of rotatable bonds is 6. The van der Waals surface area contributed by atoms with Crippen molar-refractivity contribution in [2.45, 2.75) is 19.5 Å². The predicted molar refractivity (Wildman–Crippen MR) is 130 cm³/mol. The molecule has 3 N–H and O–H groups in total. The molecule has 0 bridgehead atoms. The number of aromatic amines is 1. The normalized spacial score (nSPS) is 14.6. The summed E-state index contributed by atoms with van der Waals surface area (Å²) in [5, 5.41) is 8.72. The van der Waals surface area contributed by atoms with Crippen molar-refractivity contribution in [1.82, 2.24) is 9.97 Å². The van der Waals surface area contributed by atoms with Gasteiger partial charge in [0.2, 0.25) is 0 Å². The molecule has 0 radical (unpaired) electrons. The largest absolute Gasteiger partial charge is 0.493 e. The summed E-state index contributed by atoms with van der Waals surface area (Å²) in [5.41, 5.74) is 4.92. The van der Waals surface area contributed by atoms with Gasteiger partial charge in [-0.3, -0.25) is 0 Å². The summed E-state index contributed by atoms with van der Waals surface area (Å²) in [6.45, 7) is 2.21. The van der Waals surface area contributed by atoms with Gasteiger partial charge in [-0.05, 0) is 47.9 Å². The fourth-order valence-electron chi connectivity index (χ4n) is 3.96. The zero-order chi connectivity index (χ0) is 23.1. The number of hydrogen-bond acceptors (Lipinski definition) is 5. The number of benzene rings is 2. The smallest absolute Gasteiger partial charge is 0.164 e. The maximum Gasteiger partial charge on any atom is 0.164 e. The summed E-state index contributed by atoms with van der Waals surface area (Å²) < 4.78 is 26.4. The first kappa shape index (κ1) is 21.7. The van der Waals surface area contributed by atoms with Crippen molar-refractivity contribution in [1.29, 1.82) is 0 Å². The van der Waals surface area contributed by atoms with Gasteiger partial charge < -0.3 is 25.1 Å². The molecule has 1 unspecified atom stereocenters. The van der Waals surface area contributed by atoms with Crippen molar-refractivity contribution in [2.75, 3.05) is 24.4 Å². The third-order valence-electron chi connectivity index (χ3n) is 5.66. The van der Waals surface area contributed by atoms with Crippen LogP contribution in [0.1, 0.15) is 16.7 Å². The zero-order valence-corrected chi connectivity index (χ0v) is 19.4. The van der Waals surface area contributed by atoms with Gasteiger partial charge in [-0.1, -0.05) is 23.2 Å². The van der Waals surface area contributed by atoms with Crippen LogP contribution >= 0.6 is 23.2 Å². The van der Waals surface area contributed by atoms with Gasteiger partial charge in [-0.2, -0.15) is 0 Å². The molecule has 0 aliphatic carbocycles. The van der Waals surface area contributed by atoms with E-state index in [4.69, 9.17) is 32.7 Å². The predicted octanol–water partition coefficient (Wildman–Crippen LogP) is 6.16. The molecule has 0 amide bonds. The molecule has 0 fully saturated rings. The molecule has 5 rings (SSSR count). The van der Waals surface area contributed by atoms with Crippen LogP contribution in [-0.4, -0.2) is 29.9 Å². The number of aromatic nitrogens is 2. The van der Waals surface area contributed by atoms with E-state index in [1.54, 1.807) is 12.3 Å². The van der Waals surface area contributed by atoms with Gasteiger partial charge in [-0.25, -0.2) is 9.37 Å². The maximum absolute atomic E-state index is 15.0. The summed E-state index contributed by atoms with van der Waals surface area (Å²) >= 11 is 12.3. The molecule has 2 aromatic carbocycles. The summed E-state index contributed by atoms with van der Waals surface area (Å²) in [7, 11) is 1.53. The number of anilines is 2. The van der Waals surface area contributed by atoms with E-state index in [1.807, 2.05) is 31.3 Å². The fourth-order valence-corrected chi connectivity index (χ4v) is 4.28. The highest BCUT2D eigenvalue weighted by atomic mass is 35.5. The van der Waals surface area contributed by atoms with Gasteiger partial charge >= 0.3 is 0 Å². The van der Waals surface area contributed by atoms with Crippen LogP contribution in [0, 0.1) is 12.7 Å². The Hall–Kier alpha value is -3.16. The number of halogens is 3. The highest BCUT2D eigenvalue weighted by molar-refractivity contribution is 6.32. The quantitative estimate of drug-likeness (QED) is 0.304. The number of aryl methyl sites for hydroxylation is 1. The summed E-state index contributed by atoms with van der Waals surface area (Å²) in [6.07, 6.45) is 3.55. The summed E-state index contributed by atoms with van der Waals surface area (Å²) in [4.78, 5) is 7.35. The molecule has 0 saturated carbocycles. The number of nitrogens with zero attached hydrogens (tertiary/aromatic N) is 1. The van der Waals surface area contributed by atoms with Crippen LogP contribution < -0.4 is 20.1 Å².